The van der Waals surface area contributed by atoms with E-state index in [-0.39, 0.29) is 11.7 Å². The van der Waals surface area contributed by atoms with Gasteiger partial charge in [0.25, 0.3) is 5.91 Å². The number of amides is 1. The lowest BCUT2D eigenvalue weighted by molar-refractivity contribution is -0.193. The molecular formula is C29H25BrF10N4O7. The third-order valence-corrected chi connectivity index (χ3v) is 6.37. The summed E-state index contributed by atoms with van der Waals surface area (Å²) in [5, 5.41) is 24.3. The number of pyridine rings is 1. The number of halogens is 11. The van der Waals surface area contributed by atoms with E-state index in [0.717, 1.165) is 41.9 Å². The van der Waals surface area contributed by atoms with Crippen molar-refractivity contribution in [2.24, 2.45) is 0 Å². The van der Waals surface area contributed by atoms with Gasteiger partial charge in [-0.1, -0.05) is 28.1 Å². The second-order valence-corrected chi connectivity index (χ2v) is 10.5. The maximum atomic E-state index is 13.0. The van der Waals surface area contributed by atoms with Crippen LogP contribution in [0, 0.1) is 5.82 Å². The molecule has 11 nitrogen and oxygen atoms in total. The molecule has 4 N–H and O–H groups in total. The van der Waals surface area contributed by atoms with Crippen LogP contribution < -0.4 is 15.1 Å². The number of anilines is 2. The van der Waals surface area contributed by atoms with Crippen LogP contribution in [0.5, 0.6) is 0 Å². The minimum absolute atomic E-state index is 0.155. The quantitative estimate of drug-likeness (QED) is 0.221. The van der Waals surface area contributed by atoms with Gasteiger partial charge in [0.2, 0.25) is 0 Å². The van der Waals surface area contributed by atoms with E-state index in [9.17, 15) is 48.7 Å². The SMILES string of the molecule is O=C(NCc1ccc(F)cc1)c1cc(Br)cc(N2CCN(c3ccncc3)CC2)c1.O=C(O)C(F)(F)F.O=C(O)C(F)(F)F.O=C(O)C(F)(F)F. The molecule has 3 aromatic rings. The summed E-state index contributed by atoms with van der Waals surface area (Å²) in [6.45, 7) is 3.90. The van der Waals surface area contributed by atoms with Crippen molar-refractivity contribution in [3.63, 3.8) is 0 Å². The van der Waals surface area contributed by atoms with Gasteiger partial charge in [0.1, 0.15) is 5.82 Å². The van der Waals surface area contributed by atoms with Crippen molar-refractivity contribution in [1.82, 2.24) is 10.3 Å². The number of hydrogen-bond acceptors (Lipinski definition) is 7. The van der Waals surface area contributed by atoms with Gasteiger partial charge in [0.15, 0.2) is 0 Å². The molecule has 22 heteroatoms. The van der Waals surface area contributed by atoms with Crippen LogP contribution >= 0.6 is 15.9 Å². The van der Waals surface area contributed by atoms with Crippen LogP contribution in [0.1, 0.15) is 15.9 Å². The molecular weight excluding hydrogens is 786 g/mol. The van der Waals surface area contributed by atoms with Crippen molar-refractivity contribution in [1.29, 1.82) is 0 Å². The van der Waals surface area contributed by atoms with E-state index in [1.807, 2.05) is 42.7 Å². The molecule has 1 saturated heterocycles. The topological polar surface area (TPSA) is 160 Å². The number of piperazine rings is 1. The Bertz CT molecular complexity index is 1540. The lowest BCUT2D eigenvalue weighted by Gasteiger charge is -2.37. The maximum Gasteiger partial charge on any atom is 0.490 e. The minimum atomic E-state index is -5.08. The van der Waals surface area contributed by atoms with Gasteiger partial charge in [-0.15, -0.1) is 0 Å². The molecule has 0 spiro atoms. The van der Waals surface area contributed by atoms with Gasteiger partial charge in [-0.2, -0.15) is 39.5 Å². The number of hydrogen-bond donors (Lipinski definition) is 4. The largest absolute Gasteiger partial charge is 0.490 e. The lowest BCUT2D eigenvalue weighted by Crippen LogP contribution is -2.46. The molecule has 1 aliphatic heterocycles. The monoisotopic (exact) mass is 810 g/mol. The molecule has 0 unspecified atom stereocenters. The number of carboxylic acid groups (broad SMARTS) is 3. The number of carbonyl (C=O) groups excluding carboxylic acids is 1. The molecule has 0 saturated carbocycles. The molecule has 1 aromatic heterocycles. The summed E-state index contributed by atoms with van der Waals surface area (Å²) >= 11 is 3.53. The average molecular weight is 811 g/mol. The maximum absolute atomic E-state index is 13.0. The first kappa shape index (κ1) is 43.9. The summed E-state index contributed by atoms with van der Waals surface area (Å²) in [6, 6.07) is 16.0. The molecule has 0 radical (unpaired) electrons. The first-order valence-electron chi connectivity index (χ1n) is 13.5. The fourth-order valence-corrected chi connectivity index (χ4v) is 4.03. The normalized spacial score (nSPS) is 12.8. The highest BCUT2D eigenvalue weighted by molar-refractivity contribution is 9.10. The number of benzene rings is 2. The van der Waals surface area contributed by atoms with Crippen molar-refractivity contribution in [3.05, 3.63) is 88.4 Å². The number of aromatic nitrogens is 1. The molecule has 2 aromatic carbocycles. The third-order valence-electron chi connectivity index (χ3n) is 5.91. The molecule has 0 aliphatic carbocycles. The second-order valence-electron chi connectivity index (χ2n) is 9.60. The lowest BCUT2D eigenvalue weighted by atomic mass is 10.1. The number of carboxylic acids is 3. The highest BCUT2D eigenvalue weighted by Gasteiger charge is 2.39. The van der Waals surface area contributed by atoms with Crippen molar-refractivity contribution < 1.29 is 78.4 Å². The van der Waals surface area contributed by atoms with Crippen molar-refractivity contribution >= 4 is 51.1 Å². The fraction of sp³-hybridized carbons (Fsp3) is 0.276. The smallest absolute Gasteiger partial charge is 0.475 e. The van der Waals surface area contributed by atoms with E-state index < -0.39 is 36.4 Å². The fourth-order valence-electron chi connectivity index (χ4n) is 3.55. The second kappa shape index (κ2) is 19.3. The Kier molecular flexibility index (Phi) is 16.6. The van der Waals surface area contributed by atoms with E-state index in [0.29, 0.717) is 12.1 Å². The summed E-state index contributed by atoms with van der Waals surface area (Å²) < 4.78 is 109. The van der Waals surface area contributed by atoms with Gasteiger partial charge in [0.05, 0.1) is 0 Å². The molecule has 2 heterocycles. The van der Waals surface area contributed by atoms with Gasteiger partial charge < -0.3 is 30.4 Å². The zero-order valence-electron chi connectivity index (χ0n) is 25.4. The van der Waals surface area contributed by atoms with E-state index >= 15 is 0 Å². The van der Waals surface area contributed by atoms with Gasteiger partial charge >= 0.3 is 36.4 Å². The van der Waals surface area contributed by atoms with Crippen LogP contribution in [-0.2, 0) is 20.9 Å². The zero-order valence-corrected chi connectivity index (χ0v) is 26.9. The van der Waals surface area contributed by atoms with Crippen LogP contribution in [-0.4, -0.2) is 88.8 Å². The summed E-state index contributed by atoms with van der Waals surface area (Å²) in [5.41, 5.74) is 3.65. The Morgan fingerprint density at radius 3 is 1.45 bits per heavy atom. The molecule has 51 heavy (non-hydrogen) atoms. The first-order chi connectivity index (χ1) is 23.4. The number of carbonyl (C=O) groups is 4. The van der Waals surface area contributed by atoms with Crippen LogP contribution in [0.4, 0.5) is 55.3 Å². The number of aliphatic carboxylic acids is 3. The number of alkyl halides is 9. The number of nitrogens with zero attached hydrogens (tertiary/aromatic N) is 3. The van der Waals surface area contributed by atoms with Crippen molar-refractivity contribution in [3.8, 4) is 0 Å². The zero-order chi connectivity index (χ0) is 39.2. The van der Waals surface area contributed by atoms with Gasteiger partial charge in [-0.3, -0.25) is 9.78 Å². The third kappa shape index (κ3) is 16.9. The molecule has 1 fully saturated rings. The van der Waals surface area contributed by atoms with E-state index in [4.69, 9.17) is 29.7 Å². The highest BCUT2D eigenvalue weighted by Crippen LogP contribution is 2.25. The average Bonchev–Trinajstić information content (AvgIpc) is 3.04. The minimum Gasteiger partial charge on any atom is -0.475 e. The Balaban J connectivity index is 0.000000505. The van der Waals surface area contributed by atoms with E-state index in [1.54, 1.807) is 12.1 Å². The molecule has 280 valence electrons. The Hall–Kier alpha value is -5.15. The Morgan fingerprint density at radius 2 is 1.06 bits per heavy atom. The molecule has 1 amide bonds. The molecule has 4 rings (SSSR count). The standard InChI is InChI=1S/C23H22BrFN4O.3C2HF3O2/c24-19-13-18(23(30)27-16-17-1-3-20(25)4-2-17)14-22(15-19)29-11-9-28(10-12-29)21-5-7-26-8-6-21;3*3-2(4,5)1(6)7/h1-8,13-15H,9-12,16H2,(H,27,30);3*(H,6,7). The Morgan fingerprint density at radius 1 is 0.667 bits per heavy atom. The van der Waals surface area contributed by atoms with Gasteiger partial charge in [-0.25, -0.2) is 18.8 Å². The van der Waals surface area contributed by atoms with Crippen molar-refractivity contribution in [2.45, 2.75) is 25.1 Å². The van der Waals surface area contributed by atoms with Crippen LogP contribution in [0.2, 0.25) is 0 Å². The first-order valence-corrected chi connectivity index (χ1v) is 14.3. The molecule has 1 aliphatic rings. The van der Waals surface area contributed by atoms with Gasteiger partial charge in [0, 0.05) is 66.5 Å². The molecule has 0 atom stereocenters. The Labute approximate surface area is 289 Å². The van der Waals surface area contributed by atoms with Crippen LogP contribution in [0.3, 0.4) is 0 Å². The van der Waals surface area contributed by atoms with E-state index in [1.165, 1.54) is 17.8 Å². The summed E-state index contributed by atoms with van der Waals surface area (Å²) in [4.78, 5) is 48.1. The predicted octanol–water partition coefficient (Wildman–Crippen LogP) is 6.14. The summed E-state index contributed by atoms with van der Waals surface area (Å²) in [5.74, 6) is -8.71. The summed E-state index contributed by atoms with van der Waals surface area (Å²) in [7, 11) is 0. The highest BCUT2D eigenvalue weighted by atomic mass is 79.9. The van der Waals surface area contributed by atoms with E-state index in [2.05, 4.69) is 36.0 Å². The summed E-state index contributed by atoms with van der Waals surface area (Å²) in [6.07, 6.45) is -11.6. The predicted molar refractivity (Wildman–Crippen MR) is 161 cm³/mol. The van der Waals surface area contributed by atoms with Crippen molar-refractivity contribution in [2.75, 3.05) is 36.0 Å². The number of rotatable bonds is 5. The van der Waals surface area contributed by atoms with Crippen LogP contribution in [0.25, 0.3) is 0 Å². The van der Waals surface area contributed by atoms with Gasteiger partial charge in [-0.05, 0) is 48.0 Å². The number of nitrogens with one attached hydrogen (secondary N) is 1. The van der Waals surface area contributed by atoms with Crippen LogP contribution in [0.15, 0.2) is 71.5 Å². The molecule has 0 bridgehead atoms.